The summed E-state index contributed by atoms with van der Waals surface area (Å²) in [6.45, 7) is 1.73. The summed E-state index contributed by atoms with van der Waals surface area (Å²) in [6, 6.07) is 1.63. The van der Waals surface area contributed by atoms with Crippen molar-refractivity contribution in [3.05, 3.63) is 38.9 Å². The molecule has 0 spiro atoms. The van der Waals surface area contributed by atoms with E-state index in [1.54, 1.807) is 31.5 Å². The molecule has 1 heterocycles. The van der Waals surface area contributed by atoms with Crippen LogP contribution in [0.15, 0.2) is 28.7 Å². The van der Waals surface area contributed by atoms with E-state index in [-0.39, 0.29) is 10.8 Å². The Morgan fingerprint density at radius 1 is 1.59 bits per heavy atom. The predicted octanol–water partition coefficient (Wildman–Crippen LogP) is 2.74. The highest BCUT2D eigenvalue weighted by molar-refractivity contribution is 7.12. The SMILES string of the molecule is C/C=C/C(=O)N(C)c1ccsc1C(=O)N=[N+]=[N-]. The Labute approximate surface area is 102 Å². The molecule has 0 N–H and O–H groups in total. The molecular formula is C10H10N4O2S. The van der Waals surface area contributed by atoms with Crippen molar-refractivity contribution in [1.82, 2.24) is 0 Å². The molecule has 0 radical (unpaired) electrons. The number of anilines is 1. The van der Waals surface area contributed by atoms with Gasteiger partial charge in [-0.15, -0.1) is 11.3 Å². The third-order valence-electron chi connectivity index (χ3n) is 1.98. The fourth-order valence-corrected chi connectivity index (χ4v) is 1.99. The van der Waals surface area contributed by atoms with E-state index < -0.39 is 5.91 Å². The van der Waals surface area contributed by atoms with Gasteiger partial charge < -0.3 is 4.90 Å². The van der Waals surface area contributed by atoms with Crippen LogP contribution in [-0.4, -0.2) is 18.9 Å². The Kier molecular flexibility index (Phi) is 4.45. The van der Waals surface area contributed by atoms with E-state index in [1.165, 1.54) is 11.0 Å². The molecule has 2 amide bonds. The van der Waals surface area contributed by atoms with Gasteiger partial charge in [0.1, 0.15) is 4.88 Å². The molecule has 0 fully saturated rings. The van der Waals surface area contributed by atoms with Gasteiger partial charge in [0.25, 0.3) is 5.91 Å². The minimum atomic E-state index is -0.683. The first-order valence-electron chi connectivity index (χ1n) is 4.69. The largest absolute Gasteiger partial charge is 0.310 e. The van der Waals surface area contributed by atoms with Gasteiger partial charge in [-0.05, 0) is 35.1 Å². The number of carbonyl (C=O) groups excluding carboxylic acids is 2. The van der Waals surface area contributed by atoms with Crippen LogP contribution in [0.4, 0.5) is 5.69 Å². The lowest BCUT2D eigenvalue weighted by Crippen LogP contribution is -2.24. The highest BCUT2D eigenvalue weighted by Gasteiger charge is 2.17. The van der Waals surface area contributed by atoms with Crippen LogP contribution < -0.4 is 4.90 Å². The van der Waals surface area contributed by atoms with Crippen LogP contribution in [0, 0.1) is 0 Å². The lowest BCUT2D eigenvalue weighted by Gasteiger charge is -2.14. The van der Waals surface area contributed by atoms with Gasteiger partial charge in [-0.3, -0.25) is 9.59 Å². The Morgan fingerprint density at radius 3 is 2.88 bits per heavy atom. The van der Waals surface area contributed by atoms with Crippen molar-refractivity contribution in [1.29, 1.82) is 0 Å². The number of rotatable bonds is 3. The van der Waals surface area contributed by atoms with Crippen LogP contribution in [0.25, 0.3) is 10.4 Å². The molecule has 0 saturated carbocycles. The highest BCUT2D eigenvalue weighted by Crippen LogP contribution is 2.26. The van der Waals surface area contributed by atoms with Gasteiger partial charge >= 0.3 is 0 Å². The maximum atomic E-state index is 11.6. The molecule has 1 aromatic heterocycles. The Hall–Kier alpha value is -2.11. The second-order valence-electron chi connectivity index (χ2n) is 3.03. The Balaban J connectivity index is 3.07. The molecule has 7 heteroatoms. The minimum Gasteiger partial charge on any atom is -0.310 e. The van der Waals surface area contributed by atoms with Gasteiger partial charge in [-0.25, -0.2) is 0 Å². The van der Waals surface area contributed by atoms with E-state index in [9.17, 15) is 9.59 Å². The molecule has 0 aromatic carbocycles. The molecule has 0 unspecified atom stereocenters. The number of hydrogen-bond donors (Lipinski definition) is 0. The Bertz CT molecular complexity index is 514. The van der Waals surface area contributed by atoms with Crippen molar-refractivity contribution in [2.45, 2.75) is 6.92 Å². The van der Waals surface area contributed by atoms with Gasteiger partial charge in [-0.2, -0.15) is 0 Å². The quantitative estimate of drug-likeness (QED) is 0.357. The van der Waals surface area contributed by atoms with Crippen LogP contribution in [0.5, 0.6) is 0 Å². The van der Waals surface area contributed by atoms with E-state index in [4.69, 9.17) is 5.53 Å². The molecule has 1 aromatic rings. The van der Waals surface area contributed by atoms with Crippen molar-refractivity contribution in [2.75, 3.05) is 11.9 Å². The number of carbonyl (C=O) groups is 2. The summed E-state index contributed by atoms with van der Waals surface area (Å²) in [5.41, 5.74) is 8.65. The average molecular weight is 250 g/mol. The number of nitrogens with zero attached hydrogens (tertiary/aromatic N) is 4. The maximum absolute atomic E-state index is 11.6. The predicted molar refractivity (Wildman–Crippen MR) is 66.0 cm³/mol. The molecule has 1 rings (SSSR count). The zero-order valence-electron chi connectivity index (χ0n) is 9.32. The molecule has 0 aliphatic rings. The topological polar surface area (TPSA) is 86.1 Å². The summed E-state index contributed by atoms with van der Waals surface area (Å²) in [5.74, 6) is -0.932. The molecular weight excluding hydrogens is 240 g/mol. The molecule has 0 saturated heterocycles. The Morgan fingerprint density at radius 2 is 2.29 bits per heavy atom. The molecule has 17 heavy (non-hydrogen) atoms. The average Bonchev–Trinajstić information content (AvgIpc) is 2.77. The molecule has 88 valence electrons. The standard InChI is InChI=1S/C10H10N4O2S/c1-3-4-8(15)14(2)7-5-6-17-9(7)10(16)12-13-11/h3-6H,1-2H3/b4-3+. The van der Waals surface area contributed by atoms with Crippen molar-refractivity contribution in [2.24, 2.45) is 5.11 Å². The van der Waals surface area contributed by atoms with Crippen LogP contribution >= 0.6 is 11.3 Å². The smallest absolute Gasteiger partial charge is 0.261 e. The summed E-state index contributed by atoms with van der Waals surface area (Å²) in [7, 11) is 1.55. The van der Waals surface area contributed by atoms with Crippen LogP contribution in [0.1, 0.15) is 16.6 Å². The van der Waals surface area contributed by atoms with Crippen molar-refractivity contribution in [3.8, 4) is 0 Å². The van der Waals surface area contributed by atoms with Gasteiger partial charge in [0.15, 0.2) is 0 Å². The second kappa shape index (κ2) is 5.83. The third-order valence-corrected chi connectivity index (χ3v) is 2.87. The summed E-state index contributed by atoms with van der Waals surface area (Å²) in [4.78, 5) is 27.1. The maximum Gasteiger partial charge on any atom is 0.261 e. The first kappa shape index (κ1) is 13.0. The lowest BCUT2D eigenvalue weighted by atomic mass is 10.3. The fraction of sp³-hybridized carbons (Fsp3) is 0.200. The van der Waals surface area contributed by atoms with E-state index in [1.807, 2.05) is 0 Å². The van der Waals surface area contributed by atoms with Crippen LogP contribution in [0.3, 0.4) is 0 Å². The van der Waals surface area contributed by atoms with Gasteiger partial charge in [-0.1, -0.05) is 6.08 Å². The summed E-state index contributed by atoms with van der Waals surface area (Å²) in [6.07, 6.45) is 3.00. The number of thiophene rings is 1. The highest BCUT2D eigenvalue weighted by atomic mass is 32.1. The second-order valence-corrected chi connectivity index (χ2v) is 3.94. The zero-order chi connectivity index (χ0) is 12.8. The first-order chi connectivity index (χ1) is 8.11. The van der Waals surface area contributed by atoms with Crippen molar-refractivity contribution in [3.63, 3.8) is 0 Å². The van der Waals surface area contributed by atoms with Crippen molar-refractivity contribution >= 4 is 28.8 Å². The molecule has 0 bridgehead atoms. The van der Waals surface area contributed by atoms with E-state index in [2.05, 4.69) is 10.0 Å². The van der Waals surface area contributed by atoms with Gasteiger partial charge in [0, 0.05) is 12.0 Å². The number of hydrogen-bond acceptors (Lipinski definition) is 3. The van der Waals surface area contributed by atoms with E-state index in [0.717, 1.165) is 11.3 Å². The van der Waals surface area contributed by atoms with Gasteiger partial charge in [0.2, 0.25) is 5.91 Å². The zero-order valence-corrected chi connectivity index (χ0v) is 10.1. The number of azide groups is 1. The summed E-state index contributed by atoms with van der Waals surface area (Å²) < 4.78 is 0. The monoisotopic (exact) mass is 250 g/mol. The summed E-state index contributed by atoms with van der Waals surface area (Å²) >= 11 is 1.13. The number of amides is 2. The lowest BCUT2D eigenvalue weighted by molar-refractivity contribution is -0.113. The number of allylic oxidation sites excluding steroid dienone is 1. The van der Waals surface area contributed by atoms with Gasteiger partial charge in [0.05, 0.1) is 5.69 Å². The van der Waals surface area contributed by atoms with E-state index in [0.29, 0.717) is 5.69 Å². The molecule has 6 nitrogen and oxygen atoms in total. The third kappa shape index (κ3) is 2.93. The van der Waals surface area contributed by atoms with E-state index >= 15 is 0 Å². The summed E-state index contributed by atoms with van der Waals surface area (Å²) in [5, 5.41) is 4.67. The van der Waals surface area contributed by atoms with Crippen LogP contribution in [-0.2, 0) is 4.79 Å². The first-order valence-corrected chi connectivity index (χ1v) is 5.57. The molecule has 0 aliphatic carbocycles. The van der Waals surface area contributed by atoms with Crippen LogP contribution in [0.2, 0.25) is 0 Å². The minimum absolute atomic E-state index is 0.249. The van der Waals surface area contributed by atoms with Crippen molar-refractivity contribution < 1.29 is 9.59 Å². The molecule has 0 aliphatic heterocycles. The normalized spacial score (nSPS) is 10.0. The number of likely N-dealkylation sites (N-methyl/N-ethyl adjacent to an activating group) is 1. The fourth-order valence-electron chi connectivity index (χ4n) is 1.19. The molecule has 0 atom stereocenters.